The summed E-state index contributed by atoms with van der Waals surface area (Å²) in [4.78, 5) is 20.6. The molecule has 0 spiro atoms. The molecule has 0 radical (unpaired) electrons. The van der Waals surface area contributed by atoms with E-state index in [0.29, 0.717) is 0 Å². The van der Waals surface area contributed by atoms with E-state index < -0.39 is 5.97 Å². The van der Waals surface area contributed by atoms with Gasteiger partial charge in [0.2, 0.25) is 0 Å². The molecule has 0 aliphatic carbocycles. The van der Waals surface area contributed by atoms with Gasteiger partial charge in [0.15, 0.2) is 0 Å². The fourth-order valence-electron chi connectivity index (χ4n) is 3.51. The summed E-state index contributed by atoms with van der Waals surface area (Å²) in [6, 6.07) is 10.3. The van der Waals surface area contributed by atoms with Crippen LogP contribution in [0.15, 0.2) is 54.9 Å². The van der Waals surface area contributed by atoms with Crippen molar-refractivity contribution in [3.8, 4) is 6.01 Å². The molecule has 0 fully saturated rings. The Bertz CT molecular complexity index is 741. The van der Waals surface area contributed by atoms with E-state index in [-0.39, 0.29) is 11.9 Å². The van der Waals surface area contributed by atoms with Crippen LogP contribution < -0.4 is 4.74 Å². The summed E-state index contributed by atoms with van der Waals surface area (Å²) in [5, 5.41) is 0. The molecule has 0 saturated heterocycles. The van der Waals surface area contributed by atoms with E-state index in [1.54, 1.807) is 12.4 Å². The summed E-state index contributed by atoms with van der Waals surface area (Å²) in [5.41, 5.74) is 2.29. The van der Waals surface area contributed by atoms with Crippen LogP contribution in [-0.4, -0.2) is 15.9 Å². The predicted molar refractivity (Wildman–Crippen MR) is 123 cm³/mol. The highest BCUT2D eigenvalue weighted by Crippen LogP contribution is 2.22. The molecule has 1 unspecified atom stereocenters. The van der Waals surface area contributed by atoms with Gasteiger partial charge < -0.3 is 4.74 Å². The molecule has 1 aromatic carbocycles. The Morgan fingerprint density at radius 1 is 0.933 bits per heavy atom. The highest BCUT2D eigenvalue weighted by Gasteiger charge is 2.09. The Balaban J connectivity index is 1.76. The second-order valence-electron chi connectivity index (χ2n) is 7.83. The highest BCUT2D eigenvalue weighted by atomic mass is 16.5. The standard InChI is InChI=1S/C26H36N2O2/c1-3-5-6-7-8-9-11-15-22-20-27-26(28-21-22)30-25(29)19-18-23(14-4-2)24-16-12-10-13-17-24/h10,12-13,16-21,23H,3-9,11,14-15H2,1-2H3. The van der Waals surface area contributed by atoms with E-state index in [1.165, 1.54) is 50.2 Å². The Hall–Kier alpha value is -2.49. The third kappa shape index (κ3) is 9.34. The summed E-state index contributed by atoms with van der Waals surface area (Å²) in [7, 11) is 0. The minimum Gasteiger partial charge on any atom is -0.388 e. The molecular formula is C26H36N2O2. The summed E-state index contributed by atoms with van der Waals surface area (Å²) in [6.45, 7) is 4.38. The molecule has 4 heteroatoms. The summed E-state index contributed by atoms with van der Waals surface area (Å²) in [6.07, 6.45) is 18.9. The Morgan fingerprint density at radius 2 is 1.60 bits per heavy atom. The van der Waals surface area contributed by atoms with Gasteiger partial charge in [-0.1, -0.05) is 95.2 Å². The summed E-state index contributed by atoms with van der Waals surface area (Å²) >= 11 is 0. The minimum absolute atomic E-state index is 0.111. The third-order valence-corrected chi connectivity index (χ3v) is 5.23. The number of hydrogen-bond acceptors (Lipinski definition) is 4. The lowest BCUT2D eigenvalue weighted by atomic mass is 9.94. The van der Waals surface area contributed by atoms with E-state index in [0.717, 1.165) is 31.2 Å². The first kappa shape index (κ1) is 23.8. The maximum atomic E-state index is 12.2. The van der Waals surface area contributed by atoms with E-state index in [2.05, 4.69) is 35.9 Å². The molecule has 1 atom stereocenters. The van der Waals surface area contributed by atoms with Crippen LogP contribution in [0.3, 0.4) is 0 Å². The van der Waals surface area contributed by atoms with Gasteiger partial charge in [-0.3, -0.25) is 0 Å². The van der Waals surface area contributed by atoms with Gasteiger partial charge in [-0.25, -0.2) is 14.8 Å². The van der Waals surface area contributed by atoms with E-state index in [4.69, 9.17) is 4.74 Å². The molecule has 0 N–H and O–H groups in total. The smallest absolute Gasteiger partial charge is 0.338 e. The topological polar surface area (TPSA) is 52.1 Å². The molecule has 0 bridgehead atoms. The van der Waals surface area contributed by atoms with E-state index in [1.807, 2.05) is 24.3 Å². The van der Waals surface area contributed by atoms with E-state index in [9.17, 15) is 4.79 Å². The van der Waals surface area contributed by atoms with Crippen molar-refractivity contribution in [2.75, 3.05) is 0 Å². The maximum Gasteiger partial charge on any atom is 0.338 e. The number of hydrogen-bond donors (Lipinski definition) is 0. The number of benzene rings is 1. The molecule has 1 aromatic heterocycles. The van der Waals surface area contributed by atoms with Crippen LogP contribution in [0.25, 0.3) is 0 Å². The van der Waals surface area contributed by atoms with Crippen LogP contribution in [0.5, 0.6) is 6.01 Å². The number of esters is 1. The summed E-state index contributed by atoms with van der Waals surface area (Å²) in [5.74, 6) is -0.235. The Morgan fingerprint density at radius 3 is 2.27 bits per heavy atom. The number of ether oxygens (including phenoxy) is 1. The Labute approximate surface area is 181 Å². The fourth-order valence-corrected chi connectivity index (χ4v) is 3.51. The lowest BCUT2D eigenvalue weighted by molar-refractivity contribution is -0.129. The maximum absolute atomic E-state index is 12.2. The second-order valence-corrected chi connectivity index (χ2v) is 7.83. The first-order chi connectivity index (χ1) is 14.7. The van der Waals surface area contributed by atoms with Gasteiger partial charge in [0.25, 0.3) is 0 Å². The average Bonchev–Trinajstić information content (AvgIpc) is 2.77. The number of nitrogens with zero attached hydrogens (tertiary/aromatic N) is 2. The number of aryl methyl sites for hydroxylation is 1. The molecule has 162 valence electrons. The van der Waals surface area contributed by atoms with Gasteiger partial charge in [0.1, 0.15) is 0 Å². The first-order valence-electron chi connectivity index (χ1n) is 11.5. The molecule has 0 saturated carbocycles. The van der Waals surface area contributed by atoms with Crippen molar-refractivity contribution < 1.29 is 9.53 Å². The number of aromatic nitrogens is 2. The zero-order chi connectivity index (χ0) is 21.4. The van der Waals surface area contributed by atoms with Crippen LogP contribution in [0.1, 0.15) is 88.7 Å². The first-order valence-corrected chi connectivity index (χ1v) is 11.5. The third-order valence-electron chi connectivity index (χ3n) is 5.23. The Kier molecular flexibility index (Phi) is 11.5. The highest BCUT2D eigenvalue weighted by molar-refractivity contribution is 5.83. The molecule has 2 rings (SSSR count). The number of carbonyl (C=O) groups excluding carboxylic acids is 1. The van der Waals surface area contributed by atoms with Crippen molar-refractivity contribution in [2.24, 2.45) is 0 Å². The molecule has 0 aliphatic heterocycles. The molecule has 0 amide bonds. The van der Waals surface area contributed by atoms with Crippen LogP contribution >= 0.6 is 0 Å². The van der Waals surface area contributed by atoms with Crippen molar-refractivity contribution in [2.45, 2.75) is 84.0 Å². The van der Waals surface area contributed by atoms with E-state index >= 15 is 0 Å². The molecular weight excluding hydrogens is 372 g/mol. The molecule has 4 nitrogen and oxygen atoms in total. The average molecular weight is 409 g/mol. The van der Waals surface area contributed by atoms with Gasteiger partial charge >= 0.3 is 12.0 Å². The number of allylic oxidation sites excluding steroid dienone is 1. The van der Waals surface area contributed by atoms with Gasteiger partial charge in [0, 0.05) is 24.4 Å². The molecule has 2 aromatic rings. The van der Waals surface area contributed by atoms with Crippen LogP contribution in [0.4, 0.5) is 0 Å². The number of unbranched alkanes of at least 4 members (excludes halogenated alkanes) is 6. The van der Waals surface area contributed by atoms with Crippen LogP contribution in [0, 0.1) is 0 Å². The van der Waals surface area contributed by atoms with Crippen molar-refractivity contribution in [1.29, 1.82) is 0 Å². The molecule has 0 aliphatic rings. The quantitative estimate of drug-likeness (QED) is 0.196. The van der Waals surface area contributed by atoms with Gasteiger partial charge in [-0.2, -0.15) is 0 Å². The second kappa shape index (κ2) is 14.5. The van der Waals surface area contributed by atoms with Gasteiger partial charge in [-0.05, 0) is 30.4 Å². The van der Waals surface area contributed by atoms with Crippen molar-refractivity contribution in [3.63, 3.8) is 0 Å². The zero-order valence-corrected chi connectivity index (χ0v) is 18.6. The lowest BCUT2D eigenvalue weighted by Crippen LogP contribution is -2.08. The lowest BCUT2D eigenvalue weighted by Gasteiger charge is -2.11. The van der Waals surface area contributed by atoms with Crippen LogP contribution in [0.2, 0.25) is 0 Å². The molecule has 30 heavy (non-hydrogen) atoms. The largest absolute Gasteiger partial charge is 0.388 e. The minimum atomic E-state index is -0.438. The van der Waals surface area contributed by atoms with Crippen molar-refractivity contribution >= 4 is 5.97 Å². The normalized spacial score (nSPS) is 12.2. The molecule has 1 heterocycles. The number of carbonyl (C=O) groups is 1. The number of rotatable bonds is 14. The predicted octanol–water partition coefficient (Wildman–Crippen LogP) is 6.82. The van der Waals surface area contributed by atoms with Crippen LogP contribution in [-0.2, 0) is 11.2 Å². The van der Waals surface area contributed by atoms with Gasteiger partial charge in [0.05, 0.1) is 0 Å². The SMILES string of the molecule is CCCCCCCCCc1cnc(OC(=O)C=CC(CCC)c2ccccc2)nc1. The zero-order valence-electron chi connectivity index (χ0n) is 18.6. The van der Waals surface area contributed by atoms with Crippen molar-refractivity contribution in [1.82, 2.24) is 9.97 Å². The fraction of sp³-hybridized carbons (Fsp3) is 0.500. The van der Waals surface area contributed by atoms with Crippen molar-refractivity contribution in [3.05, 3.63) is 66.0 Å². The monoisotopic (exact) mass is 408 g/mol. The van der Waals surface area contributed by atoms with Gasteiger partial charge in [-0.15, -0.1) is 0 Å². The summed E-state index contributed by atoms with van der Waals surface area (Å²) < 4.78 is 5.27.